The lowest BCUT2D eigenvalue weighted by molar-refractivity contribution is -0.150. The van der Waals surface area contributed by atoms with Gasteiger partial charge in [-0.25, -0.2) is 9.59 Å². The van der Waals surface area contributed by atoms with Crippen molar-refractivity contribution in [3.05, 3.63) is 12.2 Å². The molecule has 0 radical (unpaired) electrons. The van der Waals surface area contributed by atoms with Gasteiger partial charge in [-0.1, -0.05) is 13.0 Å². The minimum absolute atomic E-state index is 0.137. The van der Waals surface area contributed by atoms with Crippen molar-refractivity contribution in [2.45, 2.75) is 38.3 Å². The van der Waals surface area contributed by atoms with Crippen LogP contribution in [0.4, 0.5) is 0 Å². The summed E-state index contributed by atoms with van der Waals surface area (Å²) in [5, 5.41) is 0. The molecule has 1 aliphatic heterocycles. The normalized spacial score (nSPS) is 22.1. The van der Waals surface area contributed by atoms with Crippen LogP contribution in [0.1, 0.15) is 26.2 Å². The third kappa shape index (κ3) is 3.10. The van der Waals surface area contributed by atoms with E-state index in [1.165, 1.54) is 14.2 Å². The Labute approximate surface area is 108 Å². The second-order valence-corrected chi connectivity index (χ2v) is 4.53. The average molecular weight is 255 g/mol. The Balaban J connectivity index is 2.93. The summed E-state index contributed by atoms with van der Waals surface area (Å²) in [5.41, 5.74) is 0.137. The van der Waals surface area contributed by atoms with Gasteiger partial charge in [0.2, 0.25) is 0 Å². The number of hydrogen-bond donors (Lipinski definition) is 0. The molecule has 0 saturated carbocycles. The van der Waals surface area contributed by atoms with Gasteiger partial charge in [0.15, 0.2) is 0 Å². The maximum Gasteiger partial charge on any atom is 0.335 e. The lowest BCUT2D eigenvalue weighted by atomic mass is 9.98. The lowest BCUT2D eigenvalue weighted by Gasteiger charge is -2.38. The first-order chi connectivity index (χ1) is 8.52. The third-order valence-corrected chi connectivity index (χ3v) is 3.39. The predicted octanol–water partition coefficient (Wildman–Crippen LogP) is 1.13. The standard InChI is InChI=1S/C13H21NO4/c1-9-7-5-6-8-14(9)11(13(16)18-4)10(2)12(15)17-3/h9,11H,2,5-8H2,1,3-4H3. The number of methoxy groups -OCH3 is 2. The van der Waals surface area contributed by atoms with Crippen LogP contribution in [0.2, 0.25) is 0 Å². The molecular weight excluding hydrogens is 234 g/mol. The van der Waals surface area contributed by atoms with E-state index < -0.39 is 18.0 Å². The summed E-state index contributed by atoms with van der Waals surface area (Å²) >= 11 is 0. The number of piperidine rings is 1. The highest BCUT2D eigenvalue weighted by Gasteiger charge is 2.36. The highest BCUT2D eigenvalue weighted by atomic mass is 16.5. The van der Waals surface area contributed by atoms with E-state index >= 15 is 0 Å². The quantitative estimate of drug-likeness (QED) is 0.557. The summed E-state index contributed by atoms with van der Waals surface area (Å²) in [7, 11) is 2.59. The molecule has 5 nitrogen and oxygen atoms in total. The Bertz CT molecular complexity index is 340. The van der Waals surface area contributed by atoms with Crippen LogP contribution in [0.15, 0.2) is 12.2 Å². The van der Waals surface area contributed by atoms with E-state index in [9.17, 15) is 9.59 Å². The van der Waals surface area contributed by atoms with Gasteiger partial charge in [0.05, 0.1) is 19.8 Å². The number of ether oxygens (including phenoxy) is 2. The van der Waals surface area contributed by atoms with Crippen LogP contribution in [0.25, 0.3) is 0 Å². The molecule has 102 valence electrons. The van der Waals surface area contributed by atoms with Crippen LogP contribution < -0.4 is 0 Å². The molecule has 0 N–H and O–H groups in total. The number of nitrogens with zero attached hydrogens (tertiary/aromatic N) is 1. The molecule has 0 aromatic heterocycles. The van der Waals surface area contributed by atoms with Crippen molar-refractivity contribution in [3.63, 3.8) is 0 Å². The molecule has 1 heterocycles. The maximum absolute atomic E-state index is 11.9. The first kappa shape index (κ1) is 14.7. The molecule has 1 aliphatic rings. The number of esters is 2. The zero-order valence-corrected chi connectivity index (χ0v) is 11.3. The van der Waals surface area contributed by atoms with Gasteiger partial charge in [0, 0.05) is 6.04 Å². The Kier molecular flexibility index (Phi) is 5.34. The molecule has 0 bridgehead atoms. The van der Waals surface area contributed by atoms with Crippen molar-refractivity contribution < 1.29 is 19.1 Å². The second-order valence-electron chi connectivity index (χ2n) is 4.53. The molecule has 1 rings (SSSR count). The van der Waals surface area contributed by atoms with E-state index in [4.69, 9.17) is 4.74 Å². The van der Waals surface area contributed by atoms with Crippen LogP contribution in [0.5, 0.6) is 0 Å². The Morgan fingerprint density at radius 1 is 1.28 bits per heavy atom. The molecular formula is C13H21NO4. The minimum atomic E-state index is -0.738. The fraction of sp³-hybridized carbons (Fsp3) is 0.692. The van der Waals surface area contributed by atoms with Gasteiger partial charge in [0.25, 0.3) is 0 Å². The third-order valence-electron chi connectivity index (χ3n) is 3.39. The van der Waals surface area contributed by atoms with E-state index in [-0.39, 0.29) is 11.6 Å². The van der Waals surface area contributed by atoms with E-state index in [1.807, 2.05) is 11.8 Å². The van der Waals surface area contributed by atoms with Crippen molar-refractivity contribution in [1.29, 1.82) is 0 Å². The molecule has 5 heteroatoms. The number of likely N-dealkylation sites (tertiary alicyclic amines) is 1. The summed E-state index contributed by atoms with van der Waals surface area (Å²) < 4.78 is 9.42. The topological polar surface area (TPSA) is 55.8 Å². The molecule has 0 aromatic carbocycles. The highest BCUT2D eigenvalue weighted by Crippen LogP contribution is 2.23. The van der Waals surface area contributed by atoms with Gasteiger partial charge in [-0.05, 0) is 26.3 Å². The fourth-order valence-electron chi connectivity index (χ4n) is 2.34. The highest BCUT2D eigenvalue weighted by molar-refractivity contribution is 5.97. The molecule has 18 heavy (non-hydrogen) atoms. The van der Waals surface area contributed by atoms with Crippen molar-refractivity contribution in [2.75, 3.05) is 20.8 Å². The molecule has 0 aliphatic carbocycles. The van der Waals surface area contributed by atoms with Gasteiger partial charge in [-0.2, -0.15) is 0 Å². The Morgan fingerprint density at radius 2 is 1.94 bits per heavy atom. The smallest absolute Gasteiger partial charge is 0.335 e. The molecule has 0 aromatic rings. The summed E-state index contributed by atoms with van der Waals surface area (Å²) in [6, 6.07) is -0.512. The van der Waals surface area contributed by atoms with Crippen LogP contribution in [-0.4, -0.2) is 49.7 Å². The van der Waals surface area contributed by atoms with Gasteiger partial charge in [-0.3, -0.25) is 4.90 Å². The molecule has 1 saturated heterocycles. The molecule has 0 amide bonds. The van der Waals surface area contributed by atoms with Crippen molar-refractivity contribution in [3.8, 4) is 0 Å². The summed E-state index contributed by atoms with van der Waals surface area (Å²) in [6.45, 7) is 6.49. The summed E-state index contributed by atoms with van der Waals surface area (Å²) in [6.07, 6.45) is 3.14. The van der Waals surface area contributed by atoms with Gasteiger partial charge >= 0.3 is 11.9 Å². The monoisotopic (exact) mass is 255 g/mol. The van der Waals surface area contributed by atoms with E-state index in [1.54, 1.807) is 0 Å². The Morgan fingerprint density at radius 3 is 2.44 bits per heavy atom. The maximum atomic E-state index is 11.9. The number of rotatable bonds is 4. The summed E-state index contributed by atoms with van der Waals surface area (Å²) in [5.74, 6) is -1.03. The SMILES string of the molecule is C=C(C(=O)OC)C(C(=O)OC)N1CCCCC1C. The van der Waals surface area contributed by atoms with E-state index in [0.717, 1.165) is 25.8 Å². The Hall–Kier alpha value is -1.36. The van der Waals surface area contributed by atoms with Crippen LogP contribution in [-0.2, 0) is 19.1 Å². The number of hydrogen-bond acceptors (Lipinski definition) is 5. The van der Waals surface area contributed by atoms with Crippen LogP contribution in [0, 0.1) is 0 Å². The lowest BCUT2D eigenvalue weighted by Crippen LogP contribution is -2.51. The zero-order valence-electron chi connectivity index (χ0n) is 11.3. The predicted molar refractivity (Wildman–Crippen MR) is 67.0 cm³/mol. The van der Waals surface area contributed by atoms with Gasteiger partial charge in [0.1, 0.15) is 6.04 Å². The second kappa shape index (κ2) is 6.54. The van der Waals surface area contributed by atoms with Crippen molar-refractivity contribution in [2.24, 2.45) is 0 Å². The molecule has 1 fully saturated rings. The zero-order chi connectivity index (χ0) is 13.7. The summed E-state index contributed by atoms with van der Waals surface area (Å²) in [4.78, 5) is 25.4. The van der Waals surface area contributed by atoms with Gasteiger partial charge in [-0.15, -0.1) is 0 Å². The van der Waals surface area contributed by atoms with Crippen molar-refractivity contribution in [1.82, 2.24) is 4.90 Å². The largest absolute Gasteiger partial charge is 0.468 e. The number of carbonyl (C=O) groups is 2. The van der Waals surface area contributed by atoms with Gasteiger partial charge < -0.3 is 9.47 Å². The van der Waals surface area contributed by atoms with Crippen molar-refractivity contribution >= 4 is 11.9 Å². The van der Waals surface area contributed by atoms with E-state index in [0.29, 0.717) is 0 Å². The first-order valence-corrected chi connectivity index (χ1v) is 6.13. The fourth-order valence-corrected chi connectivity index (χ4v) is 2.34. The average Bonchev–Trinajstić information content (AvgIpc) is 2.39. The molecule has 2 unspecified atom stereocenters. The molecule has 2 atom stereocenters. The number of carbonyl (C=O) groups excluding carboxylic acids is 2. The van der Waals surface area contributed by atoms with Crippen LogP contribution in [0.3, 0.4) is 0 Å². The minimum Gasteiger partial charge on any atom is -0.468 e. The molecule has 0 spiro atoms. The van der Waals surface area contributed by atoms with E-state index in [2.05, 4.69) is 11.3 Å². The first-order valence-electron chi connectivity index (χ1n) is 6.13. The van der Waals surface area contributed by atoms with Crippen LogP contribution >= 0.6 is 0 Å².